The van der Waals surface area contributed by atoms with Crippen molar-refractivity contribution in [2.45, 2.75) is 26.7 Å². The minimum atomic E-state index is -0.942. The Morgan fingerprint density at radius 2 is 1.85 bits per heavy atom. The normalized spacial score (nSPS) is 11.7. The van der Waals surface area contributed by atoms with E-state index in [1.165, 1.54) is 0 Å². The number of methoxy groups -OCH3 is 1. The van der Waals surface area contributed by atoms with Gasteiger partial charge in [0, 0.05) is 6.54 Å². The summed E-state index contributed by atoms with van der Waals surface area (Å²) in [5.74, 6) is -1.18. The maximum Gasteiger partial charge on any atom is 0.308 e. The number of carboxylic acid groups (broad SMARTS) is 1. The third-order valence-electron chi connectivity index (χ3n) is 4.41. The number of para-hydroxylation sites is 1. The third-order valence-corrected chi connectivity index (χ3v) is 4.41. The number of aryl methyl sites for hydroxylation is 2. The van der Waals surface area contributed by atoms with Crippen LogP contribution < -0.4 is 10.1 Å². The highest BCUT2D eigenvalue weighted by atomic mass is 16.5. The molecule has 2 aromatic carbocycles. The Labute approximate surface area is 154 Å². The van der Waals surface area contributed by atoms with Crippen LogP contribution in [0.15, 0.2) is 42.5 Å². The fourth-order valence-electron chi connectivity index (χ4n) is 2.85. The molecule has 1 atom stereocenters. The molecule has 26 heavy (non-hydrogen) atoms. The van der Waals surface area contributed by atoms with Crippen molar-refractivity contribution >= 4 is 11.9 Å². The highest BCUT2D eigenvalue weighted by Crippen LogP contribution is 2.21. The largest absolute Gasteiger partial charge is 0.496 e. The van der Waals surface area contributed by atoms with Crippen LogP contribution in [0.1, 0.15) is 22.3 Å². The van der Waals surface area contributed by atoms with Crippen LogP contribution in [0.3, 0.4) is 0 Å². The molecule has 138 valence electrons. The molecule has 2 N–H and O–H groups in total. The van der Waals surface area contributed by atoms with Gasteiger partial charge in [-0.1, -0.05) is 42.0 Å². The van der Waals surface area contributed by atoms with Crippen LogP contribution in [0, 0.1) is 19.8 Å². The lowest BCUT2D eigenvalue weighted by molar-refractivity contribution is -0.141. The van der Waals surface area contributed by atoms with Crippen LogP contribution in [0.4, 0.5) is 0 Å². The first-order valence-corrected chi connectivity index (χ1v) is 8.58. The van der Waals surface area contributed by atoms with Crippen LogP contribution in [-0.2, 0) is 22.4 Å². The summed E-state index contributed by atoms with van der Waals surface area (Å²) in [5, 5.41) is 12.2. The summed E-state index contributed by atoms with van der Waals surface area (Å²) < 4.78 is 5.27. The second-order valence-corrected chi connectivity index (χ2v) is 6.46. The topological polar surface area (TPSA) is 75.6 Å². The van der Waals surface area contributed by atoms with E-state index in [9.17, 15) is 14.7 Å². The fourth-order valence-corrected chi connectivity index (χ4v) is 2.85. The van der Waals surface area contributed by atoms with E-state index in [1.54, 1.807) is 13.2 Å². The number of benzene rings is 2. The van der Waals surface area contributed by atoms with Gasteiger partial charge in [-0.05, 0) is 43.0 Å². The van der Waals surface area contributed by atoms with Crippen LogP contribution in [-0.4, -0.2) is 30.6 Å². The maximum atomic E-state index is 12.2. The molecule has 0 saturated heterocycles. The van der Waals surface area contributed by atoms with E-state index in [4.69, 9.17) is 4.74 Å². The monoisotopic (exact) mass is 355 g/mol. The molecular weight excluding hydrogens is 330 g/mol. The van der Waals surface area contributed by atoms with Gasteiger partial charge in [-0.25, -0.2) is 0 Å². The first-order chi connectivity index (χ1) is 12.4. The van der Waals surface area contributed by atoms with Crippen LogP contribution in [0.25, 0.3) is 0 Å². The lowest BCUT2D eigenvalue weighted by Gasteiger charge is -2.16. The predicted molar refractivity (Wildman–Crippen MR) is 100 cm³/mol. The lowest BCUT2D eigenvalue weighted by Crippen LogP contribution is -2.35. The Morgan fingerprint density at radius 3 is 2.54 bits per heavy atom. The predicted octanol–water partition coefficient (Wildman–Crippen LogP) is 2.91. The number of rotatable bonds is 8. The van der Waals surface area contributed by atoms with Crippen LogP contribution in [0.2, 0.25) is 0 Å². The summed E-state index contributed by atoms with van der Waals surface area (Å²) in [6.45, 7) is 4.02. The van der Waals surface area contributed by atoms with E-state index in [2.05, 4.69) is 5.32 Å². The van der Waals surface area contributed by atoms with Crippen molar-refractivity contribution in [2.24, 2.45) is 5.92 Å². The Morgan fingerprint density at radius 1 is 1.12 bits per heavy atom. The molecule has 1 amide bonds. The van der Waals surface area contributed by atoms with E-state index in [0.717, 1.165) is 22.3 Å². The van der Waals surface area contributed by atoms with Gasteiger partial charge in [0.05, 0.1) is 19.4 Å². The summed E-state index contributed by atoms with van der Waals surface area (Å²) >= 11 is 0. The number of hydrogen-bond donors (Lipinski definition) is 2. The zero-order valence-corrected chi connectivity index (χ0v) is 15.4. The zero-order chi connectivity index (χ0) is 19.1. The summed E-state index contributed by atoms with van der Waals surface area (Å²) in [7, 11) is 1.56. The number of carbonyl (C=O) groups is 2. The molecule has 0 spiro atoms. The van der Waals surface area contributed by atoms with Crippen molar-refractivity contribution in [3.05, 3.63) is 64.7 Å². The molecule has 0 aromatic heterocycles. The first kappa shape index (κ1) is 19.5. The third kappa shape index (κ3) is 5.34. The molecule has 0 bridgehead atoms. The second kappa shape index (κ2) is 9.04. The minimum absolute atomic E-state index is 0.0804. The number of nitrogens with one attached hydrogen (secondary N) is 1. The Balaban J connectivity index is 1.98. The molecule has 2 aromatic rings. The van der Waals surface area contributed by atoms with Crippen LogP contribution in [0.5, 0.6) is 5.75 Å². The molecule has 0 aliphatic heterocycles. The number of hydrogen-bond acceptors (Lipinski definition) is 3. The first-order valence-electron chi connectivity index (χ1n) is 8.58. The SMILES string of the molecule is COc1ccccc1CC(CNC(=O)Cc1cc(C)ccc1C)C(=O)O. The van der Waals surface area contributed by atoms with E-state index < -0.39 is 11.9 Å². The van der Waals surface area contributed by atoms with Gasteiger partial charge in [0.2, 0.25) is 5.91 Å². The molecule has 0 aliphatic rings. The minimum Gasteiger partial charge on any atom is -0.496 e. The van der Waals surface area contributed by atoms with Crippen molar-refractivity contribution in [1.29, 1.82) is 0 Å². The van der Waals surface area contributed by atoms with Gasteiger partial charge in [-0.2, -0.15) is 0 Å². The van der Waals surface area contributed by atoms with E-state index in [1.807, 2.05) is 50.2 Å². The highest BCUT2D eigenvalue weighted by molar-refractivity contribution is 5.80. The van der Waals surface area contributed by atoms with Gasteiger partial charge in [0.1, 0.15) is 5.75 Å². The fraction of sp³-hybridized carbons (Fsp3) is 0.333. The average Bonchev–Trinajstić information content (AvgIpc) is 2.61. The molecule has 0 aliphatic carbocycles. The molecule has 0 heterocycles. The Hall–Kier alpha value is -2.82. The lowest BCUT2D eigenvalue weighted by atomic mass is 9.98. The van der Waals surface area contributed by atoms with E-state index in [-0.39, 0.29) is 18.9 Å². The number of ether oxygens (including phenoxy) is 1. The highest BCUT2D eigenvalue weighted by Gasteiger charge is 2.21. The van der Waals surface area contributed by atoms with Crippen molar-refractivity contribution in [3.8, 4) is 5.75 Å². The second-order valence-electron chi connectivity index (χ2n) is 6.46. The Kier molecular flexibility index (Phi) is 6.78. The van der Waals surface area contributed by atoms with Gasteiger partial charge in [0.25, 0.3) is 0 Å². The molecule has 0 radical (unpaired) electrons. The summed E-state index contributed by atoms with van der Waals surface area (Å²) in [4.78, 5) is 23.8. The van der Waals surface area contributed by atoms with E-state index >= 15 is 0 Å². The van der Waals surface area contributed by atoms with Gasteiger partial charge in [-0.15, -0.1) is 0 Å². The smallest absolute Gasteiger partial charge is 0.308 e. The van der Waals surface area contributed by atoms with Crippen LogP contribution >= 0.6 is 0 Å². The molecule has 0 saturated carbocycles. The number of carbonyl (C=O) groups excluding carboxylic acids is 1. The van der Waals surface area contributed by atoms with Gasteiger partial charge in [-0.3, -0.25) is 9.59 Å². The number of aliphatic carboxylic acids is 1. The van der Waals surface area contributed by atoms with Gasteiger partial charge < -0.3 is 15.2 Å². The molecule has 5 nitrogen and oxygen atoms in total. The van der Waals surface area contributed by atoms with Crippen molar-refractivity contribution in [3.63, 3.8) is 0 Å². The Bertz CT molecular complexity index is 785. The number of carboxylic acids is 1. The zero-order valence-electron chi connectivity index (χ0n) is 15.4. The molecular formula is C21H25NO4. The van der Waals surface area contributed by atoms with Crippen molar-refractivity contribution < 1.29 is 19.4 Å². The standard InChI is InChI=1S/C21H25NO4/c1-14-8-9-15(2)17(10-14)12-20(23)22-13-18(21(24)25)11-16-6-4-5-7-19(16)26-3/h4-10,18H,11-13H2,1-3H3,(H,22,23)(H,24,25). The molecule has 2 rings (SSSR count). The van der Waals surface area contributed by atoms with Crippen molar-refractivity contribution in [2.75, 3.05) is 13.7 Å². The summed E-state index contributed by atoms with van der Waals surface area (Å²) in [6, 6.07) is 13.3. The molecule has 0 fully saturated rings. The maximum absolute atomic E-state index is 12.2. The quantitative estimate of drug-likeness (QED) is 0.763. The molecule has 1 unspecified atom stereocenters. The average molecular weight is 355 g/mol. The summed E-state index contributed by atoms with van der Waals surface area (Å²) in [5.41, 5.74) is 3.91. The van der Waals surface area contributed by atoms with E-state index in [0.29, 0.717) is 12.2 Å². The van der Waals surface area contributed by atoms with Gasteiger partial charge in [0.15, 0.2) is 0 Å². The molecule has 5 heteroatoms. The van der Waals surface area contributed by atoms with Crippen molar-refractivity contribution in [1.82, 2.24) is 5.32 Å². The van der Waals surface area contributed by atoms with Gasteiger partial charge >= 0.3 is 5.97 Å². The summed E-state index contributed by atoms with van der Waals surface area (Å²) in [6.07, 6.45) is 0.539. The number of amides is 1.